The molecule has 0 amide bonds. The molecule has 0 unspecified atom stereocenters. The molecule has 4 heteroatoms. The molecule has 0 radical (unpaired) electrons. The summed E-state index contributed by atoms with van der Waals surface area (Å²) in [6.45, 7) is 2.66. The molecule has 0 aliphatic heterocycles. The van der Waals surface area contributed by atoms with Crippen molar-refractivity contribution in [3.8, 4) is 0 Å². The number of nitrogens with zero attached hydrogens (tertiary/aromatic N) is 2. The molecule has 2 aromatic carbocycles. The molecule has 0 spiro atoms. The second kappa shape index (κ2) is 4.87. The highest BCUT2D eigenvalue weighted by Crippen LogP contribution is 2.24. The number of hydrogen-bond donors (Lipinski definition) is 0. The van der Waals surface area contributed by atoms with Crippen molar-refractivity contribution >= 4 is 34.1 Å². The fraction of sp³-hybridized carbons (Fsp3) is 0.133. The van der Waals surface area contributed by atoms with Crippen molar-refractivity contribution in [3.05, 3.63) is 63.8 Å². The first-order chi connectivity index (χ1) is 9.15. The van der Waals surface area contributed by atoms with Gasteiger partial charge < -0.3 is 0 Å². The molecular weight excluding hydrogens is 279 g/mol. The van der Waals surface area contributed by atoms with E-state index in [4.69, 9.17) is 23.2 Å². The topological polar surface area (TPSA) is 17.8 Å². The zero-order chi connectivity index (χ0) is 13.4. The molecule has 1 aromatic heterocycles. The predicted octanol–water partition coefficient (Wildman–Crippen LogP) is 4.70. The van der Waals surface area contributed by atoms with E-state index in [1.54, 1.807) is 6.07 Å². The Hall–Kier alpha value is -1.51. The van der Waals surface area contributed by atoms with Crippen LogP contribution >= 0.6 is 23.2 Å². The van der Waals surface area contributed by atoms with Gasteiger partial charge in [-0.15, -0.1) is 0 Å². The highest BCUT2D eigenvalue weighted by atomic mass is 35.5. The van der Waals surface area contributed by atoms with Gasteiger partial charge in [0.1, 0.15) is 0 Å². The second-order valence-corrected chi connectivity index (χ2v) is 5.34. The van der Waals surface area contributed by atoms with Gasteiger partial charge in [0.05, 0.1) is 17.8 Å². The molecule has 0 saturated heterocycles. The Morgan fingerprint density at radius 3 is 2.68 bits per heavy atom. The van der Waals surface area contributed by atoms with E-state index in [1.807, 2.05) is 35.9 Å². The van der Waals surface area contributed by atoms with Crippen LogP contribution in [0.1, 0.15) is 11.3 Å². The lowest BCUT2D eigenvalue weighted by atomic mass is 10.2. The lowest BCUT2D eigenvalue weighted by Gasteiger charge is -2.06. The summed E-state index contributed by atoms with van der Waals surface area (Å²) in [5, 5.41) is 7.07. The van der Waals surface area contributed by atoms with Crippen molar-refractivity contribution in [1.82, 2.24) is 9.78 Å². The van der Waals surface area contributed by atoms with E-state index in [1.165, 1.54) is 5.39 Å². The van der Waals surface area contributed by atoms with Crippen LogP contribution in [0.2, 0.25) is 10.0 Å². The minimum Gasteiger partial charge on any atom is -0.260 e. The molecule has 0 fully saturated rings. The molecule has 2 nitrogen and oxygen atoms in total. The molecule has 19 heavy (non-hydrogen) atoms. The van der Waals surface area contributed by atoms with E-state index < -0.39 is 0 Å². The summed E-state index contributed by atoms with van der Waals surface area (Å²) in [6.07, 6.45) is 0. The maximum atomic E-state index is 6.21. The Kier molecular flexibility index (Phi) is 3.21. The summed E-state index contributed by atoms with van der Waals surface area (Å²) >= 11 is 12.1. The number of halogens is 2. The number of aromatic nitrogens is 2. The summed E-state index contributed by atoms with van der Waals surface area (Å²) in [5.74, 6) is 0. The number of para-hydroxylation sites is 1. The van der Waals surface area contributed by atoms with E-state index in [9.17, 15) is 0 Å². The third kappa shape index (κ3) is 2.34. The molecule has 3 aromatic rings. The van der Waals surface area contributed by atoms with Crippen LogP contribution in [0.3, 0.4) is 0 Å². The number of rotatable bonds is 2. The third-order valence-electron chi connectivity index (χ3n) is 3.18. The van der Waals surface area contributed by atoms with Crippen LogP contribution in [0.25, 0.3) is 10.9 Å². The Balaban J connectivity index is 2.06. The maximum Gasteiger partial charge on any atom is 0.0689 e. The van der Waals surface area contributed by atoms with Crippen molar-refractivity contribution in [1.29, 1.82) is 0 Å². The van der Waals surface area contributed by atoms with Gasteiger partial charge in [-0.05, 0) is 30.7 Å². The highest BCUT2D eigenvalue weighted by molar-refractivity contribution is 6.35. The molecule has 0 atom stereocenters. The second-order valence-electron chi connectivity index (χ2n) is 4.50. The van der Waals surface area contributed by atoms with Crippen molar-refractivity contribution < 1.29 is 0 Å². The molecule has 0 aliphatic rings. The largest absolute Gasteiger partial charge is 0.260 e. The zero-order valence-electron chi connectivity index (χ0n) is 10.4. The smallest absolute Gasteiger partial charge is 0.0689 e. The van der Waals surface area contributed by atoms with Crippen molar-refractivity contribution in [2.75, 3.05) is 0 Å². The maximum absolute atomic E-state index is 6.21. The molecule has 0 N–H and O–H groups in total. The van der Waals surface area contributed by atoms with E-state index >= 15 is 0 Å². The van der Waals surface area contributed by atoms with Gasteiger partial charge in [0.2, 0.25) is 0 Å². The van der Waals surface area contributed by atoms with Gasteiger partial charge in [-0.2, -0.15) is 5.10 Å². The number of aryl methyl sites for hydroxylation is 1. The average Bonchev–Trinajstić information content (AvgIpc) is 2.71. The van der Waals surface area contributed by atoms with Crippen LogP contribution in [-0.4, -0.2) is 9.78 Å². The highest BCUT2D eigenvalue weighted by Gasteiger charge is 2.08. The molecule has 0 aliphatic carbocycles. The summed E-state index contributed by atoms with van der Waals surface area (Å²) in [7, 11) is 0. The van der Waals surface area contributed by atoms with Crippen molar-refractivity contribution in [2.24, 2.45) is 0 Å². The molecule has 0 bridgehead atoms. The third-order valence-corrected chi connectivity index (χ3v) is 3.76. The summed E-state index contributed by atoms with van der Waals surface area (Å²) in [5.41, 5.74) is 3.16. The number of benzene rings is 2. The Morgan fingerprint density at radius 2 is 1.89 bits per heavy atom. The first kappa shape index (κ1) is 12.5. The fourth-order valence-electron chi connectivity index (χ4n) is 2.23. The van der Waals surface area contributed by atoms with Crippen LogP contribution < -0.4 is 0 Å². The fourth-order valence-corrected chi connectivity index (χ4v) is 2.69. The van der Waals surface area contributed by atoms with Gasteiger partial charge in [0, 0.05) is 15.4 Å². The minimum atomic E-state index is 0.643. The standard InChI is InChI=1S/C15H12Cl2N2/c1-10-13-4-2-3-5-15(13)19(18-10)9-11-6-7-12(16)8-14(11)17/h2-8H,9H2,1H3. The van der Waals surface area contributed by atoms with E-state index in [0.29, 0.717) is 16.6 Å². The summed E-state index contributed by atoms with van der Waals surface area (Å²) in [6, 6.07) is 13.7. The Bertz CT molecular complexity index is 747. The first-order valence-corrected chi connectivity index (χ1v) is 6.77. The predicted molar refractivity (Wildman–Crippen MR) is 80.0 cm³/mol. The van der Waals surface area contributed by atoms with Crippen molar-refractivity contribution in [3.63, 3.8) is 0 Å². The first-order valence-electron chi connectivity index (χ1n) is 6.01. The zero-order valence-corrected chi connectivity index (χ0v) is 11.9. The summed E-state index contributed by atoms with van der Waals surface area (Å²) in [4.78, 5) is 0. The Morgan fingerprint density at radius 1 is 1.11 bits per heavy atom. The lowest BCUT2D eigenvalue weighted by molar-refractivity contribution is 0.703. The monoisotopic (exact) mass is 290 g/mol. The van der Waals surface area contributed by atoms with Gasteiger partial charge in [-0.3, -0.25) is 4.68 Å². The van der Waals surface area contributed by atoms with Crippen LogP contribution in [-0.2, 0) is 6.54 Å². The normalized spacial score (nSPS) is 11.1. The van der Waals surface area contributed by atoms with Gasteiger partial charge in [0.15, 0.2) is 0 Å². The van der Waals surface area contributed by atoms with Gasteiger partial charge in [-0.25, -0.2) is 0 Å². The van der Waals surface area contributed by atoms with E-state index in [0.717, 1.165) is 16.8 Å². The number of fused-ring (bicyclic) bond motifs is 1. The minimum absolute atomic E-state index is 0.643. The molecule has 1 heterocycles. The SMILES string of the molecule is Cc1nn(Cc2ccc(Cl)cc2Cl)c2ccccc12. The molecule has 3 rings (SSSR count). The number of hydrogen-bond acceptors (Lipinski definition) is 1. The van der Waals surface area contributed by atoms with Gasteiger partial charge in [-0.1, -0.05) is 47.5 Å². The lowest BCUT2D eigenvalue weighted by Crippen LogP contribution is -2.02. The van der Waals surface area contributed by atoms with Crippen LogP contribution in [0.15, 0.2) is 42.5 Å². The van der Waals surface area contributed by atoms with Crippen LogP contribution in [0.4, 0.5) is 0 Å². The van der Waals surface area contributed by atoms with Gasteiger partial charge >= 0.3 is 0 Å². The van der Waals surface area contributed by atoms with Gasteiger partial charge in [0.25, 0.3) is 0 Å². The molecule has 96 valence electrons. The quantitative estimate of drug-likeness (QED) is 0.669. The summed E-state index contributed by atoms with van der Waals surface area (Å²) < 4.78 is 1.97. The van der Waals surface area contributed by atoms with E-state index in [2.05, 4.69) is 17.2 Å². The molecule has 0 saturated carbocycles. The molecular formula is C15H12Cl2N2. The average molecular weight is 291 g/mol. The van der Waals surface area contributed by atoms with E-state index in [-0.39, 0.29) is 0 Å². The van der Waals surface area contributed by atoms with Crippen LogP contribution in [0, 0.1) is 6.92 Å². The Labute approximate surface area is 121 Å². The van der Waals surface area contributed by atoms with Crippen LogP contribution in [0.5, 0.6) is 0 Å². The van der Waals surface area contributed by atoms with Crippen molar-refractivity contribution in [2.45, 2.75) is 13.5 Å².